The number of Topliss-reactive ketones (excluding diaryl/α,β-unsaturated/α-hetero) is 2. The van der Waals surface area contributed by atoms with Gasteiger partial charge in [-0.3, -0.25) is 9.59 Å². The molecule has 4 heteroatoms. The minimum atomic E-state index is -1.19. The Morgan fingerprint density at radius 2 is 0.610 bits per heavy atom. The third-order valence-corrected chi connectivity index (χ3v) is 12.9. The van der Waals surface area contributed by atoms with Crippen molar-refractivity contribution in [1.82, 2.24) is 0 Å². The molecule has 0 amide bonds. The van der Waals surface area contributed by atoms with E-state index in [9.17, 15) is 19.8 Å². The van der Waals surface area contributed by atoms with Crippen molar-refractivity contribution >= 4 is 11.6 Å². The average molecular weight is 817 g/mol. The number of aromatic hydroxyl groups is 2. The molecular weight excluding hydrogens is 725 g/mol. The predicted molar refractivity (Wildman–Crippen MR) is 254 cm³/mol. The van der Waals surface area contributed by atoms with Gasteiger partial charge in [-0.25, -0.2) is 0 Å². The van der Waals surface area contributed by atoms with Crippen LogP contribution in [0, 0.1) is 5.41 Å². The van der Waals surface area contributed by atoms with Crippen LogP contribution in [0.15, 0.2) is 24.3 Å². The highest BCUT2D eigenvalue weighted by Crippen LogP contribution is 2.39. The van der Waals surface area contributed by atoms with Crippen molar-refractivity contribution in [2.45, 2.75) is 260 Å². The Kier molecular flexibility index (Phi) is 28.6. The Hall–Kier alpha value is -2.62. The first-order chi connectivity index (χ1) is 28.7. The zero-order valence-corrected chi connectivity index (χ0v) is 39.6. The smallest absolute Gasteiger partial charge is 0.147 e. The van der Waals surface area contributed by atoms with Gasteiger partial charge in [0.15, 0.2) is 0 Å². The fourth-order valence-electron chi connectivity index (χ4n) is 9.26. The number of benzene rings is 2. The van der Waals surface area contributed by atoms with Gasteiger partial charge in [0, 0.05) is 12.8 Å². The lowest BCUT2D eigenvalue weighted by Crippen LogP contribution is -2.43. The zero-order valence-electron chi connectivity index (χ0n) is 39.6. The monoisotopic (exact) mass is 817 g/mol. The molecule has 336 valence electrons. The highest BCUT2D eigenvalue weighted by molar-refractivity contribution is 6.07. The summed E-state index contributed by atoms with van der Waals surface area (Å²) >= 11 is 0. The van der Waals surface area contributed by atoms with Gasteiger partial charge < -0.3 is 10.2 Å². The molecule has 0 atom stereocenters. The van der Waals surface area contributed by atoms with E-state index in [4.69, 9.17) is 0 Å². The summed E-state index contributed by atoms with van der Waals surface area (Å²) in [6.07, 6.45) is 34.7. The van der Waals surface area contributed by atoms with Gasteiger partial charge in [0.2, 0.25) is 0 Å². The Morgan fingerprint density at radius 3 is 0.847 bits per heavy atom. The molecule has 59 heavy (non-hydrogen) atoms. The molecule has 0 aliphatic carbocycles. The number of hydrogen-bond acceptors (Lipinski definition) is 4. The maximum atomic E-state index is 14.7. The van der Waals surface area contributed by atoms with Crippen LogP contribution in [-0.2, 0) is 48.1 Å². The van der Waals surface area contributed by atoms with Gasteiger partial charge >= 0.3 is 0 Å². The number of carbonyl (C=O) groups is 2. The third kappa shape index (κ3) is 19.8. The molecule has 0 aliphatic rings. The van der Waals surface area contributed by atoms with Crippen molar-refractivity contribution in [3.63, 3.8) is 0 Å². The summed E-state index contributed by atoms with van der Waals surface area (Å²) in [4.78, 5) is 29.5. The van der Waals surface area contributed by atoms with Crippen LogP contribution in [0.3, 0.4) is 0 Å². The van der Waals surface area contributed by atoms with Gasteiger partial charge in [0.05, 0.1) is 5.41 Å². The fraction of sp³-hybridized carbons (Fsp3) is 0.745. The van der Waals surface area contributed by atoms with Crippen molar-refractivity contribution in [2.24, 2.45) is 5.41 Å². The van der Waals surface area contributed by atoms with Crippen LogP contribution in [-0.4, -0.2) is 21.8 Å². The van der Waals surface area contributed by atoms with Crippen LogP contribution in [0.1, 0.15) is 255 Å². The minimum absolute atomic E-state index is 0.0458. The number of phenols is 2. The largest absolute Gasteiger partial charge is 0.507 e. The number of rotatable bonds is 38. The molecule has 0 saturated carbocycles. The molecule has 0 aliphatic heterocycles. The van der Waals surface area contributed by atoms with Gasteiger partial charge in [-0.2, -0.15) is 0 Å². The lowest BCUT2D eigenvalue weighted by Gasteiger charge is -2.33. The van der Waals surface area contributed by atoms with Crippen molar-refractivity contribution in [1.29, 1.82) is 0 Å². The minimum Gasteiger partial charge on any atom is -0.507 e. The van der Waals surface area contributed by atoms with E-state index in [0.29, 0.717) is 50.0 Å². The van der Waals surface area contributed by atoms with Crippen LogP contribution in [0.4, 0.5) is 0 Å². The average Bonchev–Trinajstić information content (AvgIpc) is 3.22. The summed E-state index contributed by atoms with van der Waals surface area (Å²) < 4.78 is 0. The molecule has 0 radical (unpaired) electrons. The number of hydrogen-bond donors (Lipinski definition) is 2. The Bertz CT molecular complexity index is 1240. The molecule has 0 bridgehead atoms. The second-order valence-electron chi connectivity index (χ2n) is 18.4. The predicted octanol–water partition coefficient (Wildman–Crippen LogP) is 16.2. The molecule has 0 heterocycles. The highest BCUT2D eigenvalue weighted by Gasteiger charge is 2.44. The first-order valence-electron chi connectivity index (χ1n) is 25.4. The summed E-state index contributed by atoms with van der Waals surface area (Å²) in [7, 11) is 0. The number of ketones is 2. The summed E-state index contributed by atoms with van der Waals surface area (Å²) in [6, 6.07) is 8.57. The van der Waals surface area contributed by atoms with Crippen molar-refractivity contribution in [2.75, 3.05) is 0 Å². The number of carbonyl (C=O) groups excluding carboxylic acids is 2. The van der Waals surface area contributed by atoms with Gasteiger partial charge in [-0.1, -0.05) is 194 Å². The van der Waals surface area contributed by atoms with E-state index in [1.54, 1.807) is 0 Å². The quantitative estimate of drug-likeness (QED) is 0.0523. The van der Waals surface area contributed by atoms with Gasteiger partial charge in [0.25, 0.3) is 0 Å². The van der Waals surface area contributed by atoms with E-state index >= 15 is 0 Å². The van der Waals surface area contributed by atoms with E-state index in [0.717, 1.165) is 110 Å². The summed E-state index contributed by atoms with van der Waals surface area (Å²) in [5, 5.41) is 23.4. The van der Waals surface area contributed by atoms with Crippen molar-refractivity contribution in [3.8, 4) is 11.5 Å². The standard InChI is InChI=1S/C55H92O4/c1-7-13-17-21-25-29-35-47-39-45(40-48(53(47)58)36-30-26-22-18-14-8-2)43-55(51(56)33-11-5,52(57)34-12-6)44-46-41-49(37-31-27-23-19-15-9-3)54(59)50(42-46)38-32-28-24-20-16-10-4/h39-42,58-59H,7-38,43-44H2,1-6H3. The highest BCUT2D eigenvalue weighted by atomic mass is 16.3. The van der Waals surface area contributed by atoms with E-state index < -0.39 is 5.41 Å². The second-order valence-corrected chi connectivity index (χ2v) is 18.4. The molecule has 2 aromatic rings. The molecule has 2 rings (SSSR count). The molecule has 2 N–H and O–H groups in total. The van der Waals surface area contributed by atoms with Gasteiger partial charge in [-0.15, -0.1) is 0 Å². The fourth-order valence-corrected chi connectivity index (χ4v) is 9.26. The second kappa shape index (κ2) is 32.1. The van der Waals surface area contributed by atoms with E-state index in [1.807, 2.05) is 13.8 Å². The van der Waals surface area contributed by atoms with Crippen molar-refractivity contribution < 1.29 is 19.8 Å². The molecule has 4 nitrogen and oxygen atoms in total. The lowest BCUT2D eigenvalue weighted by atomic mass is 9.67. The van der Waals surface area contributed by atoms with E-state index in [-0.39, 0.29) is 11.6 Å². The molecule has 2 aromatic carbocycles. The Morgan fingerprint density at radius 1 is 0.373 bits per heavy atom. The summed E-state index contributed by atoms with van der Waals surface area (Å²) in [5.74, 6) is 0.950. The maximum absolute atomic E-state index is 14.7. The first-order valence-corrected chi connectivity index (χ1v) is 25.4. The Balaban J connectivity index is 2.63. The number of phenolic OH excluding ortho intramolecular Hbond substituents is 2. The summed E-state index contributed by atoms with van der Waals surface area (Å²) in [5.41, 5.74) is 4.74. The molecular formula is C55H92O4. The van der Waals surface area contributed by atoms with Crippen LogP contribution in [0.5, 0.6) is 11.5 Å². The Labute approximate surface area is 364 Å². The molecule has 0 fully saturated rings. The number of aryl methyl sites for hydroxylation is 4. The molecule has 0 spiro atoms. The zero-order chi connectivity index (χ0) is 43.1. The van der Waals surface area contributed by atoms with Crippen LogP contribution in [0.25, 0.3) is 0 Å². The van der Waals surface area contributed by atoms with Gasteiger partial charge in [0.1, 0.15) is 23.1 Å². The van der Waals surface area contributed by atoms with Crippen LogP contribution in [0.2, 0.25) is 0 Å². The summed E-state index contributed by atoms with van der Waals surface area (Å²) in [6.45, 7) is 13.1. The third-order valence-electron chi connectivity index (χ3n) is 12.9. The number of unbranched alkanes of at least 4 members (excludes halogenated alkanes) is 20. The topological polar surface area (TPSA) is 74.6 Å². The van der Waals surface area contributed by atoms with E-state index in [1.165, 1.54) is 103 Å². The van der Waals surface area contributed by atoms with Crippen LogP contribution >= 0.6 is 0 Å². The van der Waals surface area contributed by atoms with E-state index in [2.05, 4.69) is 52.0 Å². The van der Waals surface area contributed by atoms with Crippen molar-refractivity contribution in [3.05, 3.63) is 57.6 Å². The van der Waals surface area contributed by atoms with Crippen LogP contribution < -0.4 is 0 Å². The first kappa shape index (κ1) is 52.5. The molecule has 0 unspecified atom stereocenters. The molecule has 0 aromatic heterocycles. The normalized spacial score (nSPS) is 11.8. The SMILES string of the molecule is CCCCCCCCc1cc(CC(Cc2cc(CCCCCCCC)c(O)c(CCCCCCCC)c2)(C(=O)CCC)C(=O)CCC)cc(CCCCCCCC)c1O. The van der Waals surface area contributed by atoms with Gasteiger partial charge in [-0.05, 0) is 110 Å². The maximum Gasteiger partial charge on any atom is 0.147 e. The molecule has 0 saturated heterocycles. The lowest BCUT2D eigenvalue weighted by molar-refractivity contribution is -0.141.